The van der Waals surface area contributed by atoms with E-state index in [-0.39, 0.29) is 11.8 Å². The number of aryl methyl sites for hydroxylation is 2. The highest BCUT2D eigenvalue weighted by atomic mass is 32.2. The van der Waals surface area contributed by atoms with Gasteiger partial charge < -0.3 is 10.2 Å². The fourth-order valence-corrected chi connectivity index (χ4v) is 4.25. The molecule has 0 saturated heterocycles. The van der Waals surface area contributed by atoms with E-state index in [2.05, 4.69) is 5.32 Å². The molecule has 3 aromatic rings. The van der Waals surface area contributed by atoms with Gasteiger partial charge >= 0.3 is 0 Å². The van der Waals surface area contributed by atoms with Gasteiger partial charge in [0.15, 0.2) is 0 Å². The lowest BCUT2D eigenvalue weighted by Crippen LogP contribution is -2.35. The summed E-state index contributed by atoms with van der Waals surface area (Å²) in [5.41, 5.74) is 5.07. The van der Waals surface area contributed by atoms with Crippen molar-refractivity contribution in [2.45, 2.75) is 24.7 Å². The third-order valence-corrected chi connectivity index (χ3v) is 6.02. The molecular weight excluding hydrogens is 392 g/mol. The van der Waals surface area contributed by atoms with E-state index in [1.54, 1.807) is 17.8 Å². The molecule has 0 spiro atoms. The quantitative estimate of drug-likeness (QED) is 0.566. The molecule has 0 aliphatic carbocycles. The Morgan fingerprint density at radius 1 is 0.967 bits per heavy atom. The summed E-state index contributed by atoms with van der Waals surface area (Å²) in [6, 6.07) is 21.1. The lowest BCUT2D eigenvalue weighted by atomic mass is 9.98. The van der Waals surface area contributed by atoms with Crippen molar-refractivity contribution in [3.05, 3.63) is 89.0 Å². The predicted octanol–water partition coefficient (Wildman–Crippen LogP) is 5.56. The van der Waals surface area contributed by atoms with E-state index >= 15 is 0 Å². The summed E-state index contributed by atoms with van der Waals surface area (Å²) in [5, 5.41) is 2.97. The molecule has 0 unspecified atom stereocenters. The first kappa shape index (κ1) is 20.2. The smallest absolute Gasteiger partial charge is 0.258 e. The number of amides is 2. The van der Waals surface area contributed by atoms with Gasteiger partial charge in [0.1, 0.15) is 0 Å². The minimum absolute atomic E-state index is 0.00531. The van der Waals surface area contributed by atoms with Gasteiger partial charge in [-0.25, -0.2) is 0 Å². The minimum Gasteiger partial charge on any atom is -0.322 e. The van der Waals surface area contributed by atoms with Gasteiger partial charge in [-0.05, 0) is 80.1 Å². The number of benzene rings is 3. The maximum Gasteiger partial charge on any atom is 0.258 e. The Balaban J connectivity index is 1.57. The molecule has 1 aliphatic heterocycles. The van der Waals surface area contributed by atoms with E-state index in [0.29, 0.717) is 17.7 Å². The molecule has 1 aliphatic rings. The number of thioether (sulfide) groups is 1. The van der Waals surface area contributed by atoms with Crippen LogP contribution in [0, 0.1) is 6.92 Å². The van der Waals surface area contributed by atoms with Crippen molar-refractivity contribution in [2.24, 2.45) is 0 Å². The third kappa shape index (κ3) is 4.26. The lowest BCUT2D eigenvalue weighted by Gasteiger charge is -2.30. The molecule has 4 rings (SSSR count). The van der Waals surface area contributed by atoms with Crippen molar-refractivity contribution in [1.82, 2.24) is 0 Å². The number of hydrogen-bond donors (Lipinski definition) is 1. The molecule has 0 radical (unpaired) electrons. The number of fused-ring (bicyclic) bond motifs is 1. The lowest BCUT2D eigenvalue weighted by molar-refractivity contribution is 0.0984. The monoisotopic (exact) mass is 416 g/mol. The topological polar surface area (TPSA) is 49.4 Å². The van der Waals surface area contributed by atoms with E-state index in [1.165, 1.54) is 0 Å². The second kappa shape index (κ2) is 8.76. The van der Waals surface area contributed by atoms with Crippen LogP contribution in [0.15, 0.2) is 71.6 Å². The molecule has 4 nitrogen and oxygen atoms in total. The van der Waals surface area contributed by atoms with E-state index in [4.69, 9.17) is 0 Å². The zero-order valence-corrected chi connectivity index (χ0v) is 18.0. The summed E-state index contributed by atoms with van der Waals surface area (Å²) in [4.78, 5) is 28.8. The largest absolute Gasteiger partial charge is 0.322 e. The van der Waals surface area contributed by atoms with Crippen molar-refractivity contribution in [2.75, 3.05) is 23.0 Å². The van der Waals surface area contributed by atoms with Crippen LogP contribution in [0.3, 0.4) is 0 Å². The molecule has 2 amide bonds. The van der Waals surface area contributed by atoms with Crippen LogP contribution in [-0.2, 0) is 6.42 Å². The van der Waals surface area contributed by atoms with Gasteiger partial charge in [-0.15, -0.1) is 11.8 Å². The Labute approximate surface area is 181 Å². The van der Waals surface area contributed by atoms with Crippen LogP contribution < -0.4 is 10.2 Å². The number of carbonyl (C=O) groups excluding carboxylic acids is 2. The van der Waals surface area contributed by atoms with Gasteiger partial charge in [-0.2, -0.15) is 0 Å². The number of nitrogens with zero attached hydrogens (tertiary/aromatic N) is 1. The van der Waals surface area contributed by atoms with Crippen molar-refractivity contribution in [3.63, 3.8) is 0 Å². The first-order chi connectivity index (χ1) is 14.5. The van der Waals surface area contributed by atoms with Crippen LogP contribution in [0.25, 0.3) is 0 Å². The van der Waals surface area contributed by atoms with Gasteiger partial charge in [-0.3, -0.25) is 9.59 Å². The Hall–Kier alpha value is -3.05. The standard InChI is InChI=1S/C25H24N2O2S/c1-17-6-3-7-20(14-17)25(29)27-13-5-8-18-15-19(11-12-23(18)27)24(28)26-21-9-4-10-22(16-21)30-2/h3-4,6-7,9-12,14-16H,5,8,13H2,1-2H3,(H,26,28). The van der Waals surface area contributed by atoms with E-state index in [9.17, 15) is 9.59 Å². The summed E-state index contributed by atoms with van der Waals surface area (Å²) >= 11 is 1.64. The van der Waals surface area contributed by atoms with Gasteiger partial charge in [0.2, 0.25) is 0 Å². The Morgan fingerprint density at radius 2 is 1.80 bits per heavy atom. The molecule has 0 bridgehead atoms. The van der Waals surface area contributed by atoms with Crippen LogP contribution in [0.4, 0.5) is 11.4 Å². The molecule has 1 heterocycles. The van der Waals surface area contributed by atoms with E-state index < -0.39 is 0 Å². The number of hydrogen-bond acceptors (Lipinski definition) is 3. The van der Waals surface area contributed by atoms with Gasteiger partial charge in [0, 0.05) is 33.9 Å². The van der Waals surface area contributed by atoms with E-state index in [1.807, 2.05) is 78.7 Å². The second-order valence-corrected chi connectivity index (χ2v) is 8.34. The third-order valence-electron chi connectivity index (χ3n) is 5.30. The molecule has 1 N–H and O–H groups in total. The fourth-order valence-electron chi connectivity index (χ4n) is 3.79. The highest BCUT2D eigenvalue weighted by Gasteiger charge is 2.24. The summed E-state index contributed by atoms with van der Waals surface area (Å²) in [5.74, 6) is -0.135. The van der Waals surface area contributed by atoms with Gasteiger partial charge in [0.25, 0.3) is 11.8 Å². The van der Waals surface area contributed by atoms with Crippen molar-refractivity contribution >= 4 is 35.0 Å². The molecule has 0 saturated carbocycles. The summed E-state index contributed by atoms with van der Waals surface area (Å²) in [6.45, 7) is 2.67. The Morgan fingerprint density at radius 3 is 2.60 bits per heavy atom. The van der Waals surface area contributed by atoms with Crippen LogP contribution in [0.2, 0.25) is 0 Å². The molecule has 30 heavy (non-hydrogen) atoms. The van der Waals surface area contributed by atoms with Crippen LogP contribution in [-0.4, -0.2) is 24.6 Å². The zero-order valence-electron chi connectivity index (χ0n) is 17.1. The second-order valence-electron chi connectivity index (χ2n) is 7.46. The summed E-state index contributed by atoms with van der Waals surface area (Å²) in [7, 11) is 0. The van der Waals surface area contributed by atoms with Crippen molar-refractivity contribution in [1.29, 1.82) is 0 Å². The van der Waals surface area contributed by atoms with Crippen LogP contribution in [0.5, 0.6) is 0 Å². The highest BCUT2D eigenvalue weighted by Crippen LogP contribution is 2.30. The molecule has 5 heteroatoms. The zero-order chi connectivity index (χ0) is 21.1. The SMILES string of the molecule is CSc1cccc(NC(=O)c2ccc3c(c2)CCCN3C(=O)c2cccc(C)c2)c1. The molecule has 3 aromatic carbocycles. The highest BCUT2D eigenvalue weighted by molar-refractivity contribution is 7.98. The normalized spacial score (nSPS) is 12.9. The minimum atomic E-state index is -0.141. The molecule has 152 valence electrons. The van der Waals surface area contributed by atoms with E-state index in [0.717, 1.165) is 40.2 Å². The molecular formula is C25H24N2O2S. The number of nitrogens with one attached hydrogen (secondary N) is 1. The van der Waals surface area contributed by atoms with Crippen LogP contribution in [0.1, 0.15) is 38.3 Å². The van der Waals surface area contributed by atoms with Crippen molar-refractivity contribution in [3.8, 4) is 0 Å². The molecule has 0 aromatic heterocycles. The van der Waals surface area contributed by atoms with Crippen LogP contribution >= 0.6 is 11.8 Å². The number of rotatable bonds is 4. The average Bonchev–Trinajstić information content (AvgIpc) is 2.78. The predicted molar refractivity (Wildman–Crippen MR) is 124 cm³/mol. The summed E-state index contributed by atoms with van der Waals surface area (Å²) in [6.07, 6.45) is 3.75. The van der Waals surface area contributed by atoms with Gasteiger partial charge in [0.05, 0.1) is 0 Å². The summed E-state index contributed by atoms with van der Waals surface area (Å²) < 4.78 is 0. The Bertz CT molecular complexity index is 1110. The van der Waals surface area contributed by atoms with Gasteiger partial charge in [-0.1, -0.05) is 23.8 Å². The first-order valence-corrected chi connectivity index (χ1v) is 11.2. The first-order valence-electron chi connectivity index (χ1n) is 10.0. The maximum absolute atomic E-state index is 13.1. The molecule has 0 atom stereocenters. The maximum atomic E-state index is 13.1. The fraction of sp³-hybridized carbons (Fsp3) is 0.200. The molecule has 0 fully saturated rings. The Kier molecular flexibility index (Phi) is 5.91. The number of anilines is 2. The number of carbonyl (C=O) groups is 2. The average molecular weight is 417 g/mol. The van der Waals surface area contributed by atoms with Crippen molar-refractivity contribution < 1.29 is 9.59 Å².